The van der Waals surface area contributed by atoms with E-state index in [-0.39, 0.29) is 0 Å². The van der Waals surface area contributed by atoms with Crippen LogP contribution in [0.4, 0.5) is 0 Å². The average molecular weight is 279 g/mol. The SMILES string of the molecule is COC1CCCCC1[C](c1ccccc1)c1ccccc1. The van der Waals surface area contributed by atoms with Gasteiger partial charge in [0, 0.05) is 18.9 Å². The van der Waals surface area contributed by atoms with E-state index in [1.807, 2.05) is 7.11 Å². The third-order valence-electron chi connectivity index (χ3n) is 4.55. The zero-order valence-corrected chi connectivity index (χ0v) is 12.7. The molecule has 0 aliphatic heterocycles. The van der Waals surface area contributed by atoms with Gasteiger partial charge in [-0.15, -0.1) is 0 Å². The van der Waals surface area contributed by atoms with Crippen molar-refractivity contribution in [3.63, 3.8) is 0 Å². The van der Waals surface area contributed by atoms with Crippen LogP contribution in [0.2, 0.25) is 0 Å². The van der Waals surface area contributed by atoms with Gasteiger partial charge in [-0.25, -0.2) is 0 Å². The molecule has 1 radical (unpaired) electrons. The zero-order valence-electron chi connectivity index (χ0n) is 12.7. The average Bonchev–Trinajstić information content (AvgIpc) is 2.58. The van der Waals surface area contributed by atoms with Gasteiger partial charge in [0.05, 0.1) is 6.10 Å². The van der Waals surface area contributed by atoms with E-state index in [1.165, 1.54) is 42.7 Å². The molecule has 0 heterocycles. The molecule has 2 atom stereocenters. The Bertz CT molecular complexity index is 495. The Morgan fingerprint density at radius 3 is 1.86 bits per heavy atom. The molecule has 2 aromatic carbocycles. The Kier molecular flexibility index (Phi) is 4.72. The minimum atomic E-state index is 0.342. The Morgan fingerprint density at radius 2 is 1.33 bits per heavy atom. The fourth-order valence-corrected chi connectivity index (χ4v) is 3.54. The molecule has 3 rings (SSSR count). The maximum Gasteiger partial charge on any atom is 0.0611 e. The van der Waals surface area contributed by atoms with Crippen LogP contribution in [0, 0.1) is 11.8 Å². The summed E-state index contributed by atoms with van der Waals surface area (Å²) in [7, 11) is 1.86. The molecule has 0 aromatic heterocycles. The summed E-state index contributed by atoms with van der Waals surface area (Å²) in [5, 5.41) is 0. The molecule has 0 saturated heterocycles. The molecule has 1 aliphatic rings. The highest BCUT2D eigenvalue weighted by atomic mass is 16.5. The van der Waals surface area contributed by atoms with E-state index in [0.717, 1.165) is 0 Å². The highest BCUT2D eigenvalue weighted by Crippen LogP contribution is 2.40. The minimum Gasteiger partial charge on any atom is -0.381 e. The molecule has 1 heteroatoms. The van der Waals surface area contributed by atoms with E-state index < -0.39 is 0 Å². The lowest BCUT2D eigenvalue weighted by Crippen LogP contribution is -2.32. The van der Waals surface area contributed by atoms with Gasteiger partial charge in [-0.05, 0) is 24.0 Å². The number of hydrogen-bond donors (Lipinski definition) is 0. The molecule has 109 valence electrons. The predicted octanol–water partition coefficient (Wildman–Crippen LogP) is 4.86. The minimum absolute atomic E-state index is 0.342. The van der Waals surface area contributed by atoms with Crippen molar-refractivity contribution < 1.29 is 4.74 Å². The first kappa shape index (κ1) is 14.3. The normalized spacial score (nSPS) is 22.4. The Morgan fingerprint density at radius 1 is 0.810 bits per heavy atom. The van der Waals surface area contributed by atoms with E-state index in [0.29, 0.717) is 12.0 Å². The number of benzene rings is 2. The largest absolute Gasteiger partial charge is 0.381 e. The van der Waals surface area contributed by atoms with E-state index in [9.17, 15) is 0 Å². The lowest BCUT2D eigenvalue weighted by atomic mass is 9.72. The van der Waals surface area contributed by atoms with Gasteiger partial charge in [0.25, 0.3) is 0 Å². The van der Waals surface area contributed by atoms with Gasteiger partial charge in [0.15, 0.2) is 0 Å². The Hall–Kier alpha value is -1.60. The van der Waals surface area contributed by atoms with Gasteiger partial charge in [0.1, 0.15) is 0 Å². The maximum atomic E-state index is 5.81. The first-order valence-corrected chi connectivity index (χ1v) is 7.90. The summed E-state index contributed by atoms with van der Waals surface area (Å²) in [5.74, 6) is 1.94. The summed E-state index contributed by atoms with van der Waals surface area (Å²) in [5.41, 5.74) is 2.66. The molecular formula is C20H23O. The molecule has 0 bridgehead atoms. The molecule has 1 saturated carbocycles. The molecule has 1 nitrogen and oxygen atoms in total. The topological polar surface area (TPSA) is 9.23 Å². The number of ether oxygens (including phenoxy) is 1. The zero-order chi connectivity index (χ0) is 14.5. The third kappa shape index (κ3) is 3.19. The van der Waals surface area contributed by atoms with Gasteiger partial charge >= 0.3 is 0 Å². The van der Waals surface area contributed by atoms with Crippen LogP contribution in [0.15, 0.2) is 60.7 Å². The fourth-order valence-electron chi connectivity index (χ4n) is 3.54. The fraction of sp³-hybridized carbons (Fsp3) is 0.350. The second kappa shape index (κ2) is 6.91. The van der Waals surface area contributed by atoms with Crippen molar-refractivity contribution in [1.29, 1.82) is 0 Å². The van der Waals surface area contributed by atoms with Crippen LogP contribution in [0.1, 0.15) is 36.8 Å². The van der Waals surface area contributed by atoms with Crippen LogP contribution in [-0.4, -0.2) is 13.2 Å². The van der Waals surface area contributed by atoms with Crippen molar-refractivity contribution in [3.8, 4) is 0 Å². The summed E-state index contributed by atoms with van der Waals surface area (Å²) in [6.07, 6.45) is 5.32. The van der Waals surface area contributed by atoms with Crippen LogP contribution < -0.4 is 0 Å². The van der Waals surface area contributed by atoms with Crippen LogP contribution in [-0.2, 0) is 4.74 Å². The van der Waals surface area contributed by atoms with Crippen LogP contribution in [0.3, 0.4) is 0 Å². The third-order valence-corrected chi connectivity index (χ3v) is 4.55. The number of methoxy groups -OCH3 is 1. The summed E-state index contributed by atoms with van der Waals surface area (Å²) < 4.78 is 5.81. The first-order valence-electron chi connectivity index (χ1n) is 7.90. The molecule has 1 aliphatic carbocycles. The standard InChI is InChI=1S/C20H23O/c1-21-19-15-9-8-14-18(19)20(16-10-4-2-5-11-16)17-12-6-3-7-13-17/h2-7,10-13,18-19H,8-9,14-15H2,1H3. The highest BCUT2D eigenvalue weighted by molar-refractivity contribution is 5.47. The summed E-state index contributed by atoms with van der Waals surface area (Å²) in [4.78, 5) is 0. The summed E-state index contributed by atoms with van der Waals surface area (Å²) >= 11 is 0. The highest BCUT2D eigenvalue weighted by Gasteiger charge is 2.34. The van der Waals surface area contributed by atoms with Gasteiger partial charge < -0.3 is 4.74 Å². The first-order chi connectivity index (χ1) is 10.4. The van der Waals surface area contributed by atoms with Gasteiger partial charge in [-0.1, -0.05) is 73.5 Å². The number of hydrogen-bond acceptors (Lipinski definition) is 1. The molecule has 2 unspecified atom stereocenters. The van der Waals surface area contributed by atoms with Crippen molar-refractivity contribution in [3.05, 3.63) is 77.7 Å². The molecule has 1 fully saturated rings. The Balaban J connectivity index is 2.00. The number of rotatable bonds is 4. The van der Waals surface area contributed by atoms with Crippen LogP contribution >= 0.6 is 0 Å². The molecule has 0 spiro atoms. The molecule has 21 heavy (non-hydrogen) atoms. The Labute approximate surface area is 128 Å². The van der Waals surface area contributed by atoms with Crippen LogP contribution in [0.5, 0.6) is 0 Å². The molecule has 0 amide bonds. The molecule has 0 N–H and O–H groups in total. The van der Waals surface area contributed by atoms with Crippen molar-refractivity contribution in [2.45, 2.75) is 31.8 Å². The smallest absolute Gasteiger partial charge is 0.0611 e. The lowest BCUT2D eigenvalue weighted by molar-refractivity contribution is 0.0324. The van der Waals surface area contributed by atoms with Crippen molar-refractivity contribution >= 4 is 0 Å². The molecular weight excluding hydrogens is 256 g/mol. The van der Waals surface area contributed by atoms with Gasteiger partial charge in [-0.3, -0.25) is 0 Å². The predicted molar refractivity (Wildman–Crippen MR) is 87.1 cm³/mol. The lowest BCUT2D eigenvalue weighted by Gasteiger charge is -2.36. The quantitative estimate of drug-likeness (QED) is 0.776. The van der Waals surface area contributed by atoms with E-state index in [2.05, 4.69) is 60.7 Å². The van der Waals surface area contributed by atoms with Crippen molar-refractivity contribution in [1.82, 2.24) is 0 Å². The maximum absolute atomic E-state index is 5.81. The van der Waals surface area contributed by atoms with Gasteiger partial charge in [-0.2, -0.15) is 0 Å². The van der Waals surface area contributed by atoms with E-state index in [1.54, 1.807) is 0 Å². The van der Waals surface area contributed by atoms with Crippen molar-refractivity contribution in [2.24, 2.45) is 5.92 Å². The summed E-state index contributed by atoms with van der Waals surface area (Å²) in [6, 6.07) is 21.6. The van der Waals surface area contributed by atoms with Crippen molar-refractivity contribution in [2.75, 3.05) is 7.11 Å². The molecule has 2 aromatic rings. The van der Waals surface area contributed by atoms with E-state index >= 15 is 0 Å². The van der Waals surface area contributed by atoms with Gasteiger partial charge in [0.2, 0.25) is 0 Å². The van der Waals surface area contributed by atoms with Crippen LogP contribution in [0.25, 0.3) is 0 Å². The monoisotopic (exact) mass is 279 g/mol. The second-order valence-corrected chi connectivity index (χ2v) is 5.81. The summed E-state index contributed by atoms with van der Waals surface area (Å²) in [6.45, 7) is 0. The second-order valence-electron chi connectivity index (χ2n) is 5.81. The van der Waals surface area contributed by atoms with E-state index in [4.69, 9.17) is 4.74 Å².